The molecule has 0 radical (unpaired) electrons. The lowest BCUT2D eigenvalue weighted by Crippen LogP contribution is -2.14. The number of imidazole rings is 1. The third-order valence-corrected chi connectivity index (χ3v) is 3.91. The Kier molecular flexibility index (Phi) is 3.05. The Labute approximate surface area is 132 Å². The molecule has 0 saturated heterocycles. The number of hydrogen-bond acceptors (Lipinski definition) is 3. The fourth-order valence-corrected chi connectivity index (χ4v) is 2.77. The first-order valence-electron chi connectivity index (χ1n) is 7.32. The SMILES string of the molecule is Cc1c(-c2ccccn2)[nH]c(=O)c2c(-c3ccccc3)ncn12. The van der Waals surface area contributed by atoms with E-state index >= 15 is 0 Å². The van der Waals surface area contributed by atoms with Gasteiger partial charge in [-0.3, -0.25) is 14.2 Å². The van der Waals surface area contributed by atoms with Gasteiger partial charge in [0.15, 0.2) is 0 Å². The van der Waals surface area contributed by atoms with Crippen LogP contribution in [0.3, 0.4) is 0 Å². The van der Waals surface area contributed by atoms with Crippen molar-refractivity contribution >= 4 is 5.52 Å². The van der Waals surface area contributed by atoms with E-state index in [1.165, 1.54) is 0 Å². The van der Waals surface area contributed by atoms with Gasteiger partial charge < -0.3 is 4.98 Å². The van der Waals surface area contributed by atoms with Gasteiger partial charge in [0.2, 0.25) is 0 Å². The quantitative estimate of drug-likeness (QED) is 0.619. The first-order chi connectivity index (χ1) is 11.3. The van der Waals surface area contributed by atoms with Gasteiger partial charge in [-0.05, 0) is 19.1 Å². The molecule has 3 aromatic heterocycles. The van der Waals surface area contributed by atoms with Crippen molar-refractivity contribution in [2.45, 2.75) is 6.92 Å². The number of aromatic nitrogens is 4. The van der Waals surface area contributed by atoms with Crippen molar-refractivity contribution in [3.63, 3.8) is 0 Å². The molecule has 0 aliphatic rings. The van der Waals surface area contributed by atoms with Crippen molar-refractivity contribution in [2.24, 2.45) is 0 Å². The average Bonchev–Trinajstić information content (AvgIpc) is 3.06. The van der Waals surface area contributed by atoms with E-state index in [2.05, 4.69) is 15.0 Å². The van der Waals surface area contributed by atoms with Crippen LogP contribution in [0.25, 0.3) is 28.2 Å². The lowest BCUT2D eigenvalue weighted by Gasteiger charge is -2.08. The van der Waals surface area contributed by atoms with Crippen molar-refractivity contribution in [1.82, 2.24) is 19.4 Å². The summed E-state index contributed by atoms with van der Waals surface area (Å²) in [6.07, 6.45) is 3.40. The summed E-state index contributed by atoms with van der Waals surface area (Å²) in [5.74, 6) is 0. The fourth-order valence-electron chi connectivity index (χ4n) is 2.77. The van der Waals surface area contributed by atoms with Gasteiger partial charge >= 0.3 is 0 Å². The molecule has 5 nitrogen and oxygen atoms in total. The van der Waals surface area contributed by atoms with Crippen molar-refractivity contribution in [1.29, 1.82) is 0 Å². The topological polar surface area (TPSA) is 63.0 Å². The molecule has 0 bridgehead atoms. The maximum atomic E-state index is 12.6. The second kappa shape index (κ2) is 5.21. The molecule has 0 atom stereocenters. The van der Waals surface area contributed by atoms with Gasteiger partial charge in [-0.2, -0.15) is 0 Å². The summed E-state index contributed by atoms with van der Waals surface area (Å²) in [4.78, 5) is 24.4. The predicted molar refractivity (Wildman–Crippen MR) is 89.2 cm³/mol. The molecule has 5 heteroatoms. The smallest absolute Gasteiger partial charge is 0.275 e. The Bertz CT molecular complexity index is 1030. The van der Waals surface area contributed by atoms with E-state index in [1.54, 1.807) is 12.5 Å². The predicted octanol–water partition coefficient (Wildman–Crippen LogP) is 3.06. The van der Waals surface area contributed by atoms with Gasteiger partial charge in [0, 0.05) is 17.5 Å². The summed E-state index contributed by atoms with van der Waals surface area (Å²) in [5.41, 5.74) is 4.32. The van der Waals surface area contributed by atoms with Gasteiger partial charge in [-0.1, -0.05) is 36.4 Å². The van der Waals surface area contributed by atoms with E-state index in [1.807, 2.05) is 59.9 Å². The molecule has 4 rings (SSSR count). The number of benzene rings is 1. The number of rotatable bonds is 2. The standard InChI is InChI=1S/C18H14N4O/c1-12-15(14-9-5-6-10-19-14)21-18(23)17-16(20-11-22(12)17)13-7-3-2-4-8-13/h2-11H,1H3,(H,21,23). The molecular weight excluding hydrogens is 288 g/mol. The normalized spacial score (nSPS) is 11.0. The molecule has 3 heterocycles. The van der Waals surface area contributed by atoms with Crippen LogP contribution in [0, 0.1) is 6.92 Å². The number of pyridine rings is 1. The van der Waals surface area contributed by atoms with Gasteiger partial charge in [-0.25, -0.2) is 4.98 Å². The number of nitrogens with one attached hydrogen (secondary N) is 1. The average molecular weight is 302 g/mol. The minimum atomic E-state index is -0.174. The second-order valence-corrected chi connectivity index (χ2v) is 5.31. The molecule has 0 aliphatic heterocycles. The molecule has 4 aromatic rings. The maximum Gasteiger partial charge on any atom is 0.275 e. The Morgan fingerprint density at radius 2 is 1.78 bits per heavy atom. The van der Waals surface area contributed by atoms with E-state index in [9.17, 15) is 4.79 Å². The summed E-state index contributed by atoms with van der Waals surface area (Å²) in [6.45, 7) is 1.95. The van der Waals surface area contributed by atoms with Crippen molar-refractivity contribution in [3.05, 3.63) is 77.1 Å². The number of nitrogens with zero attached hydrogens (tertiary/aromatic N) is 3. The second-order valence-electron chi connectivity index (χ2n) is 5.31. The summed E-state index contributed by atoms with van der Waals surface area (Å²) in [6, 6.07) is 15.3. The Balaban J connectivity index is 2.01. The molecule has 0 aliphatic carbocycles. The fraction of sp³-hybridized carbons (Fsp3) is 0.0556. The van der Waals surface area contributed by atoms with Crippen LogP contribution in [0.5, 0.6) is 0 Å². The number of H-pyrrole nitrogens is 1. The molecule has 1 aromatic carbocycles. The molecule has 112 valence electrons. The first kappa shape index (κ1) is 13.5. The van der Waals surface area contributed by atoms with Crippen LogP contribution < -0.4 is 5.56 Å². The highest BCUT2D eigenvalue weighted by molar-refractivity contribution is 5.77. The summed E-state index contributed by atoms with van der Waals surface area (Å²) in [7, 11) is 0. The van der Waals surface area contributed by atoms with Crippen LogP contribution in [-0.4, -0.2) is 19.4 Å². The molecule has 23 heavy (non-hydrogen) atoms. The molecule has 0 unspecified atom stereocenters. The molecule has 1 N–H and O–H groups in total. The lowest BCUT2D eigenvalue weighted by atomic mass is 10.1. The minimum Gasteiger partial charge on any atom is -0.317 e. The van der Waals surface area contributed by atoms with Crippen LogP contribution in [-0.2, 0) is 0 Å². The molecule has 0 spiro atoms. The Morgan fingerprint density at radius 3 is 2.52 bits per heavy atom. The van der Waals surface area contributed by atoms with E-state index in [-0.39, 0.29) is 5.56 Å². The summed E-state index contributed by atoms with van der Waals surface area (Å²) >= 11 is 0. The van der Waals surface area contributed by atoms with Gasteiger partial charge in [0.05, 0.1) is 11.4 Å². The van der Waals surface area contributed by atoms with Crippen LogP contribution in [0.4, 0.5) is 0 Å². The maximum absolute atomic E-state index is 12.6. The number of aromatic amines is 1. The van der Waals surface area contributed by atoms with E-state index in [0.717, 1.165) is 17.0 Å². The van der Waals surface area contributed by atoms with Crippen molar-refractivity contribution in [2.75, 3.05) is 0 Å². The number of aryl methyl sites for hydroxylation is 1. The van der Waals surface area contributed by atoms with E-state index < -0.39 is 0 Å². The highest BCUT2D eigenvalue weighted by Gasteiger charge is 2.15. The zero-order valence-electron chi connectivity index (χ0n) is 12.5. The zero-order chi connectivity index (χ0) is 15.8. The largest absolute Gasteiger partial charge is 0.317 e. The monoisotopic (exact) mass is 302 g/mol. The zero-order valence-corrected chi connectivity index (χ0v) is 12.5. The molecule has 0 amide bonds. The molecular formula is C18H14N4O. The van der Waals surface area contributed by atoms with Crippen molar-refractivity contribution < 1.29 is 0 Å². The number of hydrogen-bond donors (Lipinski definition) is 1. The Morgan fingerprint density at radius 1 is 1.00 bits per heavy atom. The van der Waals surface area contributed by atoms with E-state index in [0.29, 0.717) is 16.9 Å². The van der Waals surface area contributed by atoms with Crippen LogP contribution >= 0.6 is 0 Å². The summed E-state index contributed by atoms with van der Waals surface area (Å²) < 4.78 is 1.82. The van der Waals surface area contributed by atoms with Gasteiger partial charge in [0.1, 0.15) is 17.5 Å². The van der Waals surface area contributed by atoms with Crippen LogP contribution in [0.1, 0.15) is 5.69 Å². The third-order valence-electron chi connectivity index (χ3n) is 3.91. The third kappa shape index (κ3) is 2.14. The molecule has 0 saturated carbocycles. The lowest BCUT2D eigenvalue weighted by molar-refractivity contribution is 1.02. The number of fused-ring (bicyclic) bond motifs is 1. The summed E-state index contributed by atoms with van der Waals surface area (Å²) in [5, 5.41) is 0. The van der Waals surface area contributed by atoms with Crippen LogP contribution in [0.2, 0.25) is 0 Å². The van der Waals surface area contributed by atoms with Crippen LogP contribution in [0.15, 0.2) is 65.8 Å². The highest BCUT2D eigenvalue weighted by atomic mass is 16.1. The van der Waals surface area contributed by atoms with Gasteiger partial charge in [0.25, 0.3) is 5.56 Å². The van der Waals surface area contributed by atoms with E-state index in [4.69, 9.17) is 0 Å². The Hall–Kier alpha value is -3.21. The van der Waals surface area contributed by atoms with Crippen molar-refractivity contribution in [3.8, 4) is 22.6 Å². The minimum absolute atomic E-state index is 0.174. The van der Waals surface area contributed by atoms with Gasteiger partial charge in [-0.15, -0.1) is 0 Å². The first-order valence-corrected chi connectivity index (χ1v) is 7.32. The highest BCUT2D eigenvalue weighted by Crippen LogP contribution is 2.24. The molecule has 0 fully saturated rings.